The quantitative estimate of drug-likeness (QED) is 0.695. The van der Waals surface area contributed by atoms with Crippen LogP contribution in [0.2, 0.25) is 0 Å². The van der Waals surface area contributed by atoms with Crippen LogP contribution in [0.25, 0.3) is 10.9 Å². The van der Waals surface area contributed by atoms with Crippen LogP contribution in [0.5, 0.6) is 5.75 Å². The molecule has 1 N–H and O–H groups in total. The second-order valence-corrected chi connectivity index (χ2v) is 7.50. The van der Waals surface area contributed by atoms with Gasteiger partial charge >= 0.3 is 0 Å². The van der Waals surface area contributed by atoms with E-state index in [9.17, 15) is 14.3 Å². The van der Waals surface area contributed by atoms with Crippen molar-refractivity contribution in [3.63, 3.8) is 0 Å². The van der Waals surface area contributed by atoms with Crippen molar-refractivity contribution in [2.24, 2.45) is 0 Å². The van der Waals surface area contributed by atoms with Crippen LogP contribution in [0.15, 0.2) is 59.4 Å². The Kier molecular flexibility index (Phi) is 5.92. The minimum absolute atomic E-state index is 0.120. The smallest absolute Gasteiger partial charge is 0.255 e. The van der Waals surface area contributed by atoms with E-state index in [2.05, 4.69) is 4.90 Å². The van der Waals surface area contributed by atoms with Gasteiger partial charge in [0, 0.05) is 25.2 Å². The monoisotopic (exact) mass is 396 g/mol. The number of piperidine rings is 1. The SMILES string of the molecule is O=c1c(CN2CCC(O)CC2)cc2ccc(F)cc2n1CCOc1ccccc1. The molecule has 0 aliphatic carbocycles. The fourth-order valence-corrected chi connectivity index (χ4v) is 3.83. The van der Waals surface area contributed by atoms with Crippen LogP contribution < -0.4 is 10.3 Å². The Balaban J connectivity index is 1.60. The van der Waals surface area contributed by atoms with Crippen LogP contribution in [0.1, 0.15) is 18.4 Å². The molecule has 2 heterocycles. The molecule has 6 heteroatoms. The van der Waals surface area contributed by atoms with Gasteiger partial charge in [0.2, 0.25) is 0 Å². The molecule has 3 aromatic rings. The van der Waals surface area contributed by atoms with Gasteiger partial charge in [0.05, 0.1) is 18.2 Å². The van der Waals surface area contributed by atoms with Crippen LogP contribution in [0, 0.1) is 5.82 Å². The maximum absolute atomic E-state index is 13.9. The lowest BCUT2D eigenvalue weighted by Gasteiger charge is -2.29. The Morgan fingerprint density at radius 2 is 1.83 bits per heavy atom. The first-order valence-electron chi connectivity index (χ1n) is 10.0. The molecule has 1 fully saturated rings. The van der Waals surface area contributed by atoms with Crippen molar-refractivity contribution in [1.82, 2.24) is 9.47 Å². The molecule has 152 valence electrons. The first-order chi connectivity index (χ1) is 14.1. The number of aromatic nitrogens is 1. The van der Waals surface area contributed by atoms with Gasteiger partial charge in [0.15, 0.2) is 0 Å². The third kappa shape index (κ3) is 4.66. The molecular weight excluding hydrogens is 371 g/mol. The number of rotatable bonds is 6. The summed E-state index contributed by atoms with van der Waals surface area (Å²) in [6, 6.07) is 15.8. The highest BCUT2D eigenvalue weighted by Crippen LogP contribution is 2.18. The Labute approximate surface area is 169 Å². The van der Waals surface area contributed by atoms with Gasteiger partial charge < -0.3 is 14.4 Å². The summed E-state index contributed by atoms with van der Waals surface area (Å²) in [6.45, 7) is 2.70. The molecule has 1 aromatic heterocycles. The standard InChI is InChI=1S/C23H25FN2O3/c24-19-7-6-17-14-18(16-25-10-8-20(27)9-11-25)23(28)26(22(17)15-19)12-13-29-21-4-2-1-3-5-21/h1-7,14-15,20,27H,8-13,16H2. The molecule has 2 aromatic carbocycles. The van der Waals surface area contributed by atoms with Crippen LogP contribution in [-0.4, -0.2) is 40.4 Å². The number of pyridine rings is 1. The topological polar surface area (TPSA) is 54.7 Å². The predicted octanol–water partition coefficient (Wildman–Crippen LogP) is 3.18. The number of ether oxygens (including phenoxy) is 1. The lowest BCUT2D eigenvalue weighted by atomic mass is 10.1. The molecule has 29 heavy (non-hydrogen) atoms. The molecule has 0 unspecified atom stereocenters. The van der Waals surface area contributed by atoms with E-state index in [0.717, 1.165) is 37.1 Å². The maximum atomic E-state index is 13.9. The summed E-state index contributed by atoms with van der Waals surface area (Å²) in [7, 11) is 0. The van der Waals surface area contributed by atoms with E-state index < -0.39 is 0 Å². The first kappa shape index (κ1) is 19.6. The number of nitrogens with zero attached hydrogens (tertiary/aromatic N) is 2. The summed E-state index contributed by atoms with van der Waals surface area (Å²) >= 11 is 0. The average molecular weight is 396 g/mol. The molecule has 5 nitrogen and oxygen atoms in total. The summed E-state index contributed by atoms with van der Waals surface area (Å²) in [5, 5.41) is 10.5. The van der Waals surface area contributed by atoms with Gasteiger partial charge in [-0.3, -0.25) is 9.69 Å². The molecule has 0 radical (unpaired) electrons. The van der Waals surface area contributed by atoms with Crippen molar-refractivity contribution in [3.05, 3.63) is 76.3 Å². The lowest BCUT2D eigenvalue weighted by Crippen LogP contribution is -2.37. The van der Waals surface area contributed by atoms with Crippen molar-refractivity contribution in [1.29, 1.82) is 0 Å². The number of fused-ring (bicyclic) bond motifs is 1. The minimum atomic E-state index is -0.368. The number of benzene rings is 2. The van der Waals surface area contributed by atoms with Crippen molar-refractivity contribution in [2.45, 2.75) is 32.0 Å². The zero-order valence-corrected chi connectivity index (χ0v) is 16.3. The Hall–Kier alpha value is -2.70. The van der Waals surface area contributed by atoms with Crippen molar-refractivity contribution in [2.75, 3.05) is 19.7 Å². The maximum Gasteiger partial charge on any atom is 0.255 e. The zero-order valence-electron chi connectivity index (χ0n) is 16.3. The Bertz CT molecular complexity index is 1030. The lowest BCUT2D eigenvalue weighted by molar-refractivity contribution is 0.0790. The van der Waals surface area contributed by atoms with Gasteiger partial charge in [-0.05, 0) is 54.6 Å². The fraction of sp³-hybridized carbons (Fsp3) is 0.348. The molecule has 0 saturated carbocycles. The number of hydrogen-bond donors (Lipinski definition) is 1. The van der Waals surface area contributed by atoms with E-state index in [1.807, 2.05) is 36.4 Å². The molecule has 0 bridgehead atoms. The molecule has 0 spiro atoms. The highest BCUT2D eigenvalue weighted by atomic mass is 19.1. The molecule has 4 rings (SSSR count). The Morgan fingerprint density at radius 3 is 2.59 bits per heavy atom. The highest BCUT2D eigenvalue weighted by molar-refractivity contribution is 5.79. The van der Waals surface area contributed by atoms with E-state index in [0.29, 0.717) is 30.8 Å². The highest BCUT2D eigenvalue weighted by Gasteiger charge is 2.19. The molecule has 0 amide bonds. The zero-order chi connectivity index (χ0) is 20.2. The van der Waals surface area contributed by atoms with Crippen molar-refractivity contribution < 1.29 is 14.2 Å². The van der Waals surface area contributed by atoms with Crippen LogP contribution in [0.4, 0.5) is 4.39 Å². The van der Waals surface area contributed by atoms with Crippen molar-refractivity contribution in [3.8, 4) is 5.75 Å². The summed E-state index contributed by atoms with van der Waals surface area (Å²) in [5.41, 5.74) is 1.13. The van der Waals surface area contributed by atoms with Gasteiger partial charge in [-0.15, -0.1) is 0 Å². The normalized spacial score (nSPS) is 15.7. The number of halogens is 1. The summed E-state index contributed by atoms with van der Waals surface area (Å²) < 4.78 is 21.2. The number of hydrogen-bond acceptors (Lipinski definition) is 4. The fourth-order valence-electron chi connectivity index (χ4n) is 3.83. The number of aliphatic hydroxyl groups is 1. The van der Waals surface area contributed by atoms with E-state index >= 15 is 0 Å². The largest absolute Gasteiger partial charge is 0.492 e. The molecule has 1 aliphatic heterocycles. The number of para-hydroxylation sites is 1. The van der Waals surface area contributed by atoms with E-state index in [4.69, 9.17) is 4.74 Å². The van der Waals surface area contributed by atoms with Gasteiger partial charge in [0.1, 0.15) is 18.2 Å². The predicted molar refractivity (Wildman–Crippen MR) is 111 cm³/mol. The minimum Gasteiger partial charge on any atom is -0.492 e. The average Bonchev–Trinajstić information content (AvgIpc) is 2.73. The van der Waals surface area contributed by atoms with Crippen LogP contribution in [0.3, 0.4) is 0 Å². The van der Waals surface area contributed by atoms with Crippen molar-refractivity contribution >= 4 is 10.9 Å². The summed E-state index contributed by atoms with van der Waals surface area (Å²) in [5.74, 6) is 0.367. The first-order valence-corrected chi connectivity index (χ1v) is 10.0. The van der Waals surface area contributed by atoms with E-state index in [1.165, 1.54) is 12.1 Å². The second-order valence-electron chi connectivity index (χ2n) is 7.50. The summed E-state index contributed by atoms with van der Waals surface area (Å²) in [4.78, 5) is 15.4. The van der Waals surface area contributed by atoms with Gasteiger partial charge in [-0.1, -0.05) is 18.2 Å². The number of likely N-dealkylation sites (tertiary alicyclic amines) is 1. The van der Waals surface area contributed by atoms with E-state index in [1.54, 1.807) is 10.6 Å². The van der Waals surface area contributed by atoms with Crippen LogP contribution >= 0.6 is 0 Å². The molecule has 1 saturated heterocycles. The third-order valence-electron chi connectivity index (χ3n) is 5.41. The second kappa shape index (κ2) is 8.76. The summed E-state index contributed by atoms with van der Waals surface area (Å²) in [6.07, 6.45) is 1.19. The molecule has 0 atom stereocenters. The van der Waals surface area contributed by atoms with Gasteiger partial charge in [-0.2, -0.15) is 0 Å². The molecular formula is C23H25FN2O3. The molecule has 1 aliphatic rings. The third-order valence-corrected chi connectivity index (χ3v) is 5.41. The number of aliphatic hydroxyl groups excluding tert-OH is 1. The van der Waals surface area contributed by atoms with Gasteiger partial charge in [-0.25, -0.2) is 4.39 Å². The van der Waals surface area contributed by atoms with Gasteiger partial charge in [0.25, 0.3) is 5.56 Å². The Morgan fingerprint density at radius 1 is 1.07 bits per heavy atom. The van der Waals surface area contributed by atoms with E-state index in [-0.39, 0.29) is 17.5 Å². The van der Waals surface area contributed by atoms with Crippen LogP contribution in [-0.2, 0) is 13.1 Å².